The smallest absolute Gasteiger partial charge is 0.166 e. The van der Waals surface area contributed by atoms with Crippen molar-refractivity contribution in [2.24, 2.45) is 0 Å². The highest BCUT2D eigenvalue weighted by Crippen LogP contribution is 2.23. The molecule has 0 amide bonds. The molecule has 0 unspecified atom stereocenters. The fraction of sp³-hybridized carbons (Fsp3) is 1.00. The second kappa shape index (κ2) is 1.68. The number of rotatable bonds is 0. The number of ether oxygens (including phenoxy) is 2. The molecule has 3 nitrogen and oxygen atoms in total. The van der Waals surface area contributed by atoms with Gasteiger partial charge in [-0.1, -0.05) is 0 Å². The summed E-state index contributed by atoms with van der Waals surface area (Å²) in [5.41, 5.74) is -0.0839. The third-order valence-electron chi connectivity index (χ3n) is 1.79. The van der Waals surface area contributed by atoms with Crippen LogP contribution in [0, 0.1) is 0 Å². The molecule has 0 aromatic heterocycles. The molecule has 0 aliphatic carbocycles. The van der Waals surface area contributed by atoms with E-state index < -0.39 is 0 Å². The zero-order valence-electron chi connectivity index (χ0n) is 5.52. The van der Waals surface area contributed by atoms with Gasteiger partial charge in [0, 0.05) is 6.04 Å². The van der Waals surface area contributed by atoms with E-state index in [4.69, 9.17) is 9.47 Å². The Balaban J connectivity index is 1.99. The minimum atomic E-state index is -0.0839. The van der Waals surface area contributed by atoms with Crippen LogP contribution in [-0.4, -0.2) is 31.6 Å². The summed E-state index contributed by atoms with van der Waals surface area (Å²) < 4.78 is 10.5. The minimum Gasteiger partial charge on any atom is -0.372 e. The van der Waals surface area contributed by atoms with Gasteiger partial charge in [-0.2, -0.15) is 0 Å². The largest absolute Gasteiger partial charge is 0.372 e. The molecule has 52 valence electrons. The lowest BCUT2D eigenvalue weighted by Crippen LogP contribution is -2.59. The van der Waals surface area contributed by atoms with Crippen LogP contribution in [0.15, 0.2) is 0 Å². The summed E-state index contributed by atoms with van der Waals surface area (Å²) >= 11 is 0. The van der Waals surface area contributed by atoms with Crippen molar-refractivity contribution in [1.29, 1.82) is 0 Å². The molecule has 1 atom stereocenters. The molecule has 2 saturated heterocycles. The van der Waals surface area contributed by atoms with Gasteiger partial charge in [-0.25, -0.2) is 0 Å². The average molecular weight is 129 g/mol. The van der Waals surface area contributed by atoms with Gasteiger partial charge in [-0.15, -0.1) is 0 Å². The molecule has 0 aromatic rings. The second-order valence-corrected chi connectivity index (χ2v) is 2.84. The molecule has 1 N–H and O–H groups in total. The fourth-order valence-corrected chi connectivity index (χ4v) is 1.27. The van der Waals surface area contributed by atoms with Gasteiger partial charge in [0.05, 0.1) is 19.8 Å². The average Bonchev–Trinajstić information content (AvgIpc) is 2.09. The van der Waals surface area contributed by atoms with Gasteiger partial charge >= 0.3 is 0 Å². The van der Waals surface area contributed by atoms with Gasteiger partial charge in [0.2, 0.25) is 0 Å². The molecule has 0 radical (unpaired) electrons. The van der Waals surface area contributed by atoms with Gasteiger partial charge in [0.25, 0.3) is 0 Å². The van der Waals surface area contributed by atoms with Crippen molar-refractivity contribution in [3.8, 4) is 0 Å². The van der Waals surface area contributed by atoms with E-state index in [1.54, 1.807) is 0 Å². The van der Waals surface area contributed by atoms with Crippen molar-refractivity contribution in [2.45, 2.75) is 18.7 Å². The van der Waals surface area contributed by atoms with Crippen LogP contribution in [0.3, 0.4) is 0 Å². The maximum Gasteiger partial charge on any atom is 0.166 e. The molecule has 2 rings (SSSR count). The van der Waals surface area contributed by atoms with Crippen LogP contribution < -0.4 is 5.32 Å². The normalized spacial score (nSPS) is 39.0. The van der Waals surface area contributed by atoms with Gasteiger partial charge in [0.15, 0.2) is 5.72 Å². The maximum absolute atomic E-state index is 5.45. The number of nitrogens with one attached hydrogen (secondary N) is 1. The summed E-state index contributed by atoms with van der Waals surface area (Å²) in [7, 11) is 0. The van der Waals surface area contributed by atoms with Crippen LogP contribution >= 0.6 is 0 Å². The first kappa shape index (κ1) is 5.65. The van der Waals surface area contributed by atoms with Crippen LogP contribution in [0.1, 0.15) is 6.92 Å². The van der Waals surface area contributed by atoms with Gasteiger partial charge in [0.1, 0.15) is 0 Å². The Morgan fingerprint density at radius 3 is 2.56 bits per heavy atom. The van der Waals surface area contributed by atoms with Gasteiger partial charge < -0.3 is 9.47 Å². The van der Waals surface area contributed by atoms with Crippen molar-refractivity contribution >= 4 is 0 Å². The summed E-state index contributed by atoms with van der Waals surface area (Å²) in [4.78, 5) is 0. The maximum atomic E-state index is 5.45. The first-order valence-corrected chi connectivity index (χ1v) is 3.30. The third kappa shape index (κ3) is 0.764. The Morgan fingerprint density at radius 1 is 1.56 bits per heavy atom. The third-order valence-corrected chi connectivity index (χ3v) is 1.79. The quantitative estimate of drug-likeness (QED) is 0.488. The molecular weight excluding hydrogens is 118 g/mol. The Labute approximate surface area is 54.3 Å². The van der Waals surface area contributed by atoms with Crippen molar-refractivity contribution < 1.29 is 9.47 Å². The summed E-state index contributed by atoms with van der Waals surface area (Å²) in [5, 5.41) is 3.32. The molecule has 1 spiro atoms. The molecule has 0 aromatic carbocycles. The molecule has 3 heteroatoms. The Morgan fingerprint density at radius 2 is 2.33 bits per heavy atom. The number of hydrogen-bond donors (Lipinski definition) is 1. The lowest BCUT2D eigenvalue weighted by molar-refractivity contribution is -0.195. The molecule has 2 heterocycles. The van der Waals surface area contributed by atoms with E-state index in [9.17, 15) is 0 Å². The van der Waals surface area contributed by atoms with Crippen LogP contribution in [0.25, 0.3) is 0 Å². The Kier molecular flexibility index (Phi) is 1.06. The lowest BCUT2D eigenvalue weighted by Gasteiger charge is -2.36. The molecular formula is C6H11NO2. The Hall–Kier alpha value is -0.120. The predicted molar refractivity (Wildman–Crippen MR) is 32.1 cm³/mol. The molecule has 2 fully saturated rings. The van der Waals surface area contributed by atoms with Crippen LogP contribution in [0.2, 0.25) is 0 Å². The van der Waals surface area contributed by atoms with Crippen molar-refractivity contribution in [1.82, 2.24) is 5.32 Å². The minimum absolute atomic E-state index is 0.0839. The van der Waals surface area contributed by atoms with Crippen LogP contribution in [-0.2, 0) is 9.47 Å². The molecule has 2 aliphatic heterocycles. The van der Waals surface area contributed by atoms with Gasteiger partial charge in [-0.05, 0) is 6.92 Å². The van der Waals surface area contributed by atoms with Crippen molar-refractivity contribution in [2.75, 3.05) is 19.8 Å². The summed E-state index contributed by atoms with van der Waals surface area (Å²) in [6.45, 7) is 4.38. The van der Waals surface area contributed by atoms with E-state index in [0.29, 0.717) is 6.04 Å². The highest BCUT2D eigenvalue weighted by molar-refractivity contribution is 4.91. The highest BCUT2D eigenvalue weighted by atomic mass is 16.6. The molecule has 0 saturated carbocycles. The van der Waals surface area contributed by atoms with E-state index in [-0.39, 0.29) is 5.72 Å². The van der Waals surface area contributed by atoms with E-state index in [2.05, 4.69) is 12.2 Å². The summed E-state index contributed by atoms with van der Waals surface area (Å²) in [6, 6.07) is 0.494. The van der Waals surface area contributed by atoms with Crippen molar-refractivity contribution in [3.63, 3.8) is 0 Å². The highest BCUT2D eigenvalue weighted by Gasteiger charge is 2.44. The molecule has 9 heavy (non-hydrogen) atoms. The first-order valence-electron chi connectivity index (χ1n) is 3.30. The van der Waals surface area contributed by atoms with Crippen LogP contribution in [0.5, 0.6) is 0 Å². The summed E-state index contributed by atoms with van der Waals surface area (Å²) in [5.74, 6) is 0. The topological polar surface area (TPSA) is 30.5 Å². The zero-order valence-corrected chi connectivity index (χ0v) is 5.52. The van der Waals surface area contributed by atoms with Crippen molar-refractivity contribution in [3.05, 3.63) is 0 Å². The van der Waals surface area contributed by atoms with E-state index in [0.717, 1.165) is 19.8 Å². The Bertz CT molecular complexity index is 122. The van der Waals surface area contributed by atoms with Gasteiger partial charge in [-0.3, -0.25) is 5.32 Å². The first-order chi connectivity index (χ1) is 4.31. The predicted octanol–water partition coefficient (Wildman–Crippen LogP) is -0.279. The fourth-order valence-electron chi connectivity index (χ4n) is 1.27. The second-order valence-electron chi connectivity index (χ2n) is 2.84. The molecule has 0 bridgehead atoms. The van der Waals surface area contributed by atoms with Crippen LogP contribution in [0.4, 0.5) is 0 Å². The van der Waals surface area contributed by atoms with E-state index in [1.807, 2.05) is 0 Å². The monoisotopic (exact) mass is 129 g/mol. The van der Waals surface area contributed by atoms with E-state index >= 15 is 0 Å². The van der Waals surface area contributed by atoms with E-state index in [1.165, 1.54) is 0 Å². The summed E-state index contributed by atoms with van der Waals surface area (Å²) in [6.07, 6.45) is 0. The molecule has 2 aliphatic rings. The lowest BCUT2D eigenvalue weighted by atomic mass is 10.2. The standard InChI is InChI=1S/C6H11NO2/c1-5-2-9-6(7-5)3-8-4-6/h5,7H,2-4H2,1H3/t5-/m0/s1. The number of hydrogen-bond acceptors (Lipinski definition) is 3. The SMILES string of the molecule is C[C@H]1COC2(COC2)N1. The zero-order chi connectivity index (χ0) is 6.32.